The van der Waals surface area contributed by atoms with Gasteiger partial charge in [0.05, 0.1) is 6.10 Å². The van der Waals surface area contributed by atoms with Crippen LogP contribution < -0.4 is 0 Å². The molecule has 5 aliphatic rings. The van der Waals surface area contributed by atoms with E-state index in [1.54, 1.807) is 0 Å². The molecule has 0 aromatic heterocycles. The van der Waals surface area contributed by atoms with Crippen molar-refractivity contribution < 1.29 is 14.6 Å². The molecule has 0 heterocycles. The topological polar surface area (TPSA) is 46.5 Å². The van der Waals surface area contributed by atoms with Gasteiger partial charge in [0.2, 0.25) is 0 Å². The van der Waals surface area contributed by atoms with Gasteiger partial charge in [-0.15, -0.1) is 0 Å². The van der Waals surface area contributed by atoms with E-state index in [1.165, 1.54) is 128 Å². The number of aliphatic hydroxyl groups is 1. The number of fused-ring (bicyclic) bond motifs is 7. The molecule has 5 fully saturated rings. The Kier molecular flexibility index (Phi) is 13.7. The van der Waals surface area contributed by atoms with Gasteiger partial charge in [0.1, 0.15) is 6.10 Å². The van der Waals surface area contributed by atoms with Crippen LogP contribution in [0.1, 0.15) is 216 Å². The summed E-state index contributed by atoms with van der Waals surface area (Å²) in [4.78, 5) is 13.2. The average Bonchev–Trinajstić information content (AvgIpc) is 3.42. The monoisotopic (exact) mass is 709 g/mol. The number of allylic oxidation sites excluding steroid dienone is 1. The number of carbonyl (C=O) groups is 1. The number of carbonyl (C=O) groups excluding carboxylic acids is 1. The molecular formula is C48H84O3. The molecule has 1 unspecified atom stereocenters. The highest BCUT2D eigenvalue weighted by Crippen LogP contribution is 2.77. The summed E-state index contributed by atoms with van der Waals surface area (Å²) in [7, 11) is 0. The summed E-state index contributed by atoms with van der Waals surface area (Å²) < 4.78 is 6.37. The lowest BCUT2D eigenvalue weighted by Gasteiger charge is -2.73. The van der Waals surface area contributed by atoms with Crippen molar-refractivity contribution in [3.8, 4) is 0 Å². The van der Waals surface area contributed by atoms with Gasteiger partial charge >= 0.3 is 5.97 Å². The Morgan fingerprint density at radius 2 is 1.27 bits per heavy atom. The average molecular weight is 709 g/mol. The zero-order chi connectivity index (χ0) is 37.1. The molecule has 3 nitrogen and oxygen atoms in total. The molecule has 0 bridgehead atoms. The number of hydrogen-bond acceptors (Lipinski definition) is 3. The van der Waals surface area contributed by atoms with Crippen LogP contribution >= 0.6 is 0 Å². The van der Waals surface area contributed by atoms with Gasteiger partial charge in [-0.2, -0.15) is 0 Å². The quantitative estimate of drug-likeness (QED) is 0.0876. The number of aliphatic hydroxyl groups excluding tert-OH is 1. The molecular weight excluding hydrogens is 625 g/mol. The fourth-order valence-corrected chi connectivity index (χ4v) is 14.7. The van der Waals surface area contributed by atoms with E-state index in [9.17, 15) is 9.90 Å². The van der Waals surface area contributed by atoms with Crippen molar-refractivity contribution in [1.29, 1.82) is 0 Å². The third-order valence-electron chi connectivity index (χ3n) is 17.6. The van der Waals surface area contributed by atoms with Crippen molar-refractivity contribution in [2.24, 2.45) is 56.7 Å². The van der Waals surface area contributed by atoms with Gasteiger partial charge in [-0.1, -0.05) is 151 Å². The summed E-state index contributed by atoms with van der Waals surface area (Å²) in [5.74, 6) is 2.87. The Bertz CT molecular complexity index is 1160. The van der Waals surface area contributed by atoms with Gasteiger partial charge in [-0.05, 0) is 122 Å². The van der Waals surface area contributed by atoms with E-state index >= 15 is 0 Å². The Morgan fingerprint density at radius 3 is 1.84 bits per heavy atom. The maximum absolute atomic E-state index is 13.2. The molecule has 51 heavy (non-hydrogen) atoms. The number of unbranched alkanes of at least 4 members (excludes halogenated alkanes) is 14. The zero-order valence-electron chi connectivity index (χ0n) is 35.2. The highest BCUT2D eigenvalue weighted by molar-refractivity contribution is 5.69. The standard InChI is InChI=1S/C48H84O3/c1-10-11-12-13-14-15-16-17-18-19-20-21-22-23-24-25-41(50)51-40-29-31-46(7)39-27-26-37-42-36(35(2)3)28-30-45(42,6)32-33-47(37,8)48(39,9)34-38(49)43(46)44(40,4)5/h36-40,42-43,49H,2,10-34H2,1,3-9H3/t36-,37+,38?,39+,40-,42+,43-,45+,46+,47+,48+/m0/s1. The van der Waals surface area contributed by atoms with Crippen molar-refractivity contribution in [3.63, 3.8) is 0 Å². The lowest BCUT2D eigenvalue weighted by molar-refractivity contribution is -0.276. The first kappa shape index (κ1) is 41.3. The molecule has 0 aliphatic heterocycles. The molecule has 5 saturated carbocycles. The predicted octanol–water partition coefficient (Wildman–Crippen LogP) is 13.8. The SMILES string of the molecule is C=C(C)[C@@H]1CC[C@]2(C)CC[C@]3(C)[C@H](CC[C@@H]4[C@@]5(C)CC[C@H](OC(=O)CCCCCCCCCCCCCCCCC)C(C)(C)[C@@H]5C(O)C[C@]43C)[C@@H]12. The van der Waals surface area contributed by atoms with Crippen molar-refractivity contribution in [2.75, 3.05) is 0 Å². The van der Waals surface area contributed by atoms with E-state index in [2.05, 4.69) is 62.0 Å². The maximum atomic E-state index is 13.2. The molecule has 294 valence electrons. The van der Waals surface area contributed by atoms with Crippen LogP contribution in [-0.4, -0.2) is 23.3 Å². The van der Waals surface area contributed by atoms with Crippen molar-refractivity contribution in [3.05, 3.63) is 12.2 Å². The van der Waals surface area contributed by atoms with Gasteiger partial charge in [0.15, 0.2) is 0 Å². The lowest BCUT2D eigenvalue weighted by atomic mass is 9.32. The van der Waals surface area contributed by atoms with E-state index in [-0.39, 0.29) is 45.8 Å². The summed E-state index contributed by atoms with van der Waals surface area (Å²) in [6.45, 7) is 24.2. The molecule has 0 amide bonds. The van der Waals surface area contributed by atoms with E-state index in [1.807, 2.05) is 0 Å². The molecule has 5 aliphatic carbocycles. The minimum absolute atomic E-state index is 0.0107. The van der Waals surface area contributed by atoms with Crippen LogP contribution in [0.2, 0.25) is 0 Å². The number of esters is 1. The van der Waals surface area contributed by atoms with Crippen LogP contribution in [-0.2, 0) is 9.53 Å². The molecule has 0 aromatic carbocycles. The van der Waals surface area contributed by atoms with Gasteiger partial charge in [-0.3, -0.25) is 4.79 Å². The normalized spacial score (nSPS) is 41.2. The summed E-state index contributed by atoms with van der Waals surface area (Å²) in [6, 6.07) is 0. The maximum Gasteiger partial charge on any atom is 0.306 e. The first-order valence-corrected chi connectivity index (χ1v) is 22.7. The first-order chi connectivity index (χ1) is 24.2. The summed E-state index contributed by atoms with van der Waals surface area (Å²) >= 11 is 0. The van der Waals surface area contributed by atoms with Crippen LogP contribution in [0.4, 0.5) is 0 Å². The van der Waals surface area contributed by atoms with Crippen LogP contribution in [0.25, 0.3) is 0 Å². The third-order valence-corrected chi connectivity index (χ3v) is 17.6. The summed E-state index contributed by atoms with van der Waals surface area (Å²) in [5, 5.41) is 12.3. The Balaban J connectivity index is 1.09. The molecule has 0 aromatic rings. The molecule has 0 radical (unpaired) electrons. The summed E-state index contributed by atoms with van der Waals surface area (Å²) in [5.41, 5.74) is 2.05. The number of rotatable bonds is 18. The van der Waals surface area contributed by atoms with Gasteiger partial charge in [0.25, 0.3) is 0 Å². The van der Waals surface area contributed by atoms with Crippen LogP contribution in [0, 0.1) is 56.7 Å². The Morgan fingerprint density at radius 1 is 0.706 bits per heavy atom. The van der Waals surface area contributed by atoms with Crippen molar-refractivity contribution in [2.45, 2.75) is 228 Å². The second-order valence-electron chi connectivity index (χ2n) is 21.0. The first-order valence-electron chi connectivity index (χ1n) is 22.7. The zero-order valence-corrected chi connectivity index (χ0v) is 35.2. The second-order valence-corrected chi connectivity index (χ2v) is 21.0. The molecule has 3 heteroatoms. The highest BCUT2D eigenvalue weighted by Gasteiger charge is 2.72. The van der Waals surface area contributed by atoms with Crippen LogP contribution in [0.3, 0.4) is 0 Å². The Hall–Kier alpha value is -0.830. The smallest absolute Gasteiger partial charge is 0.306 e. The summed E-state index contributed by atoms with van der Waals surface area (Å²) in [6.07, 6.45) is 30.9. The fourth-order valence-electron chi connectivity index (χ4n) is 14.7. The highest BCUT2D eigenvalue weighted by atomic mass is 16.5. The third kappa shape index (κ3) is 8.11. The molecule has 11 atom stereocenters. The fraction of sp³-hybridized carbons (Fsp3) is 0.938. The largest absolute Gasteiger partial charge is 0.462 e. The molecule has 5 rings (SSSR count). The van der Waals surface area contributed by atoms with Crippen molar-refractivity contribution >= 4 is 5.97 Å². The van der Waals surface area contributed by atoms with Crippen LogP contribution in [0.15, 0.2) is 12.2 Å². The number of hydrogen-bond donors (Lipinski definition) is 1. The second kappa shape index (κ2) is 16.9. The Labute approximate surface area is 316 Å². The van der Waals surface area contributed by atoms with Crippen molar-refractivity contribution in [1.82, 2.24) is 0 Å². The molecule has 0 saturated heterocycles. The minimum atomic E-state index is -0.354. The predicted molar refractivity (Wildman–Crippen MR) is 215 cm³/mol. The van der Waals surface area contributed by atoms with E-state index in [0.717, 1.165) is 43.9 Å². The van der Waals surface area contributed by atoms with Gasteiger partial charge in [0, 0.05) is 11.8 Å². The van der Waals surface area contributed by atoms with E-state index in [0.29, 0.717) is 23.7 Å². The number of ether oxygens (including phenoxy) is 1. The molecule has 1 N–H and O–H groups in total. The van der Waals surface area contributed by atoms with Gasteiger partial charge < -0.3 is 9.84 Å². The van der Waals surface area contributed by atoms with Crippen LogP contribution in [0.5, 0.6) is 0 Å². The lowest BCUT2D eigenvalue weighted by Crippen LogP contribution is -2.69. The minimum Gasteiger partial charge on any atom is -0.462 e. The molecule has 0 spiro atoms. The van der Waals surface area contributed by atoms with E-state index < -0.39 is 0 Å². The van der Waals surface area contributed by atoms with Gasteiger partial charge in [-0.25, -0.2) is 0 Å². The van der Waals surface area contributed by atoms with E-state index in [4.69, 9.17) is 4.74 Å².